The molecular formula is C10H22O16P2. The highest BCUT2D eigenvalue weighted by Crippen LogP contribution is 2.41. The molecule has 0 amide bonds. The summed E-state index contributed by atoms with van der Waals surface area (Å²) < 4.78 is 33.0. The Labute approximate surface area is 157 Å². The SMILES string of the molecule is O=CC(O)C(O)C(O)COP(=O)(O)O.O=P(O)(O)O[C@H]1O[C@H](CO)[C@@H](O)[C@H]1O. The van der Waals surface area contributed by atoms with Crippen LogP contribution in [0.1, 0.15) is 0 Å². The molecule has 0 aromatic carbocycles. The van der Waals surface area contributed by atoms with Crippen LogP contribution in [-0.4, -0.2) is 113 Å². The van der Waals surface area contributed by atoms with Gasteiger partial charge < -0.3 is 59.7 Å². The fraction of sp³-hybridized carbons (Fsp3) is 0.900. The normalized spacial score (nSPS) is 28.8. The van der Waals surface area contributed by atoms with Gasteiger partial charge in [0.05, 0.1) is 13.2 Å². The second-order valence-corrected chi connectivity index (χ2v) is 7.70. The van der Waals surface area contributed by atoms with Crippen molar-refractivity contribution in [3.8, 4) is 0 Å². The van der Waals surface area contributed by atoms with Crippen LogP contribution < -0.4 is 0 Å². The van der Waals surface area contributed by atoms with Crippen LogP contribution in [0, 0.1) is 0 Å². The maximum atomic E-state index is 10.4. The van der Waals surface area contributed by atoms with Gasteiger partial charge in [-0.05, 0) is 0 Å². The monoisotopic (exact) mass is 460 g/mol. The van der Waals surface area contributed by atoms with Gasteiger partial charge in [-0.1, -0.05) is 0 Å². The van der Waals surface area contributed by atoms with E-state index in [-0.39, 0.29) is 6.29 Å². The molecule has 10 N–H and O–H groups in total. The Hall–Kier alpha value is -0.390. The van der Waals surface area contributed by atoms with Crippen LogP contribution in [0.25, 0.3) is 0 Å². The van der Waals surface area contributed by atoms with Gasteiger partial charge in [0.2, 0.25) is 0 Å². The number of phosphoric ester groups is 2. The van der Waals surface area contributed by atoms with E-state index in [1.807, 2.05) is 0 Å². The number of carbonyl (C=O) groups excluding carboxylic acids is 1. The van der Waals surface area contributed by atoms with Crippen molar-refractivity contribution >= 4 is 21.9 Å². The number of hydrogen-bond acceptors (Lipinski definition) is 12. The summed E-state index contributed by atoms with van der Waals surface area (Å²) in [6.07, 6.45) is -11.2. The molecule has 0 saturated carbocycles. The van der Waals surface area contributed by atoms with E-state index in [0.29, 0.717) is 0 Å². The van der Waals surface area contributed by atoms with Crippen LogP contribution in [0.3, 0.4) is 0 Å². The van der Waals surface area contributed by atoms with Gasteiger partial charge in [-0.3, -0.25) is 9.05 Å². The summed E-state index contributed by atoms with van der Waals surface area (Å²) in [5.74, 6) is 0. The Morgan fingerprint density at radius 1 is 1.00 bits per heavy atom. The lowest BCUT2D eigenvalue weighted by Crippen LogP contribution is -2.40. The van der Waals surface area contributed by atoms with Crippen molar-refractivity contribution in [2.45, 2.75) is 42.9 Å². The molecule has 7 atom stereocenters. The number of aldehydes is 1. The Balaban J connectivity index is 0.000000521. The molecule has 0 spiro atoms. The first kappa shape index (κ1) is 27.6. The van der Waals surface area contributed by atoms with Crippen molar-refractivity contribution in [2.24, 2.45) is 0 Å². The van der Waals surface area contributed by atoms with E-state index in [1.165, 1.54) is 0 Å². The summed E-state index contributed by atoms with van der Waals surface area (Å²) in [6, 6.07) is 0. The Kier molecular flexibility index (Phi) is 11.5. The Bertz CT molecular complexity index is 560. The number of phosphoric acid groups is 2. The largest absolute Gasteiger partial charge is 0.472 e. The van der Waals surface area contributed by atoms with E-state index >= 15 is 0 Å². The summed E-state index contributed by atoms with van der Waals surface area (Å²) in [5.41, 5.74) is 0. The van der Waals surface area contributed by atoms with Gasteiger partial charge in [-0.2, -0.15) is 0 Å². The third kappa shape index (κ3) is 10.4. The first-order chi connectivity index (χ1) is 12.6. The first-order valence-corrected chi connectivity index (χ1v) is 10.2. The average Bonchev–Trinajstić information content (AvgIpc) is 2.84. The highest BCUT2D eigenvalue weighted by Gasteiger charge is 2.45. The molecule has 0 bridgehead atoms. The van der Waals surface area contributed by atoms with Gasteiger partial charge in [0.1, 0.15) is 36.6 Å². The maximum absolute atomic E-state index is 10.4. The maximum Gasteiger partial charge on any atom is 0.472 e. The van der Waals surface area contributed by atoms with Crippen LogP contribution >= 0.6 is 15.6 Å². The second kappa shape index (κ2) is 11.7. The Morgan fingerprint density at radius 3 is 1.89 bits per heavy atom. The number of aliphatic hydroxyl groups excluding tert-OH is 6. The molecule has 0 aromatic heterocycles. The van der Waals surface area contributed by atoms with Gasteiger partial charge >= 0.3 is 15.6 Å². The summed E-state index contributed by atoms with van der Waals surface area (Å²) in [4.78, 5) is 43.1. The summed E-state index contributed by atoms with van der Waals surface area (Å²) in [6.45, 7) is -1.48. The standard InChI is InChI=1S/2C5H11O8P/c6-1-2-3(7)4(8)5(12-2)13-14(9,10)11;6-1-3(7)5(9)4(8)2-13-14(10,11)12/h2-8H,1H2,(H2,9,10,11);1,3-5,7-9H,2H2,(H2,10,11,12)/t2-,3-,4-,5-;/m1./s1. The lowest BCUT2D eigenvalue weighted by atomic mass is 10.1. The summed E-state index contributed by atoms with van der Waals surface area (Å²) in [7, 11) is -9.53. The third-order valence-corrected chi connectivity index (χ3v) is 4.00. The summed E-state index contributed by atoms with van der Waals surface area (Å²) in [5, 5.41) is 53.5. The second-order valence-electron chi connectivity index (χ2n) is 5.27. The average molecular weight is 460 g/mol. The zero-order valence-corrected chi connectivity index (χ0v) is 15.6. The molecule has 3 unspecified atom stereocenters. The third-order valence-electron chi connectivity index (χ3n) is 3.04. The molecule has 168 valence electrons. The van der Waals surface area contributed by atoms with E-state index < -0.39 is 71.8 Å². The molecule has 0 aromatic rings. The minimum absolute atomic E-state index is 0.0225. The molecule has 1 aliphatic rings. The van der Waals surface area contributed by atoms with Crippen molar-refractivity contribution < 1.29 is 77.9 Å². The van der Waals surface area contributed by atoms with Crippen LogP contribution in [0.5, 0.6) is 0 Å². The van der Waals surface area contributed by atoms with Gasteiger partial charge in [0, 0.05) is 0 Å². The van der Waals surface area contributed by atoms with Crippen molar-refractivity contribution in [3.05, 3.63) is 0 Å². The topological polar surface area (TPSA) is 281 Å². The highest BCUT2D eigenvalue weighted by atomic mass is 31.2. The molecule has 1 aliphatic heterocycles. The fourth-order valence-corrected chi connectivity index (χ4v) is 2.46. The van der Waals surface area contributed by atoms with Crippen LogP contribution in [0.15, 0.2) is 0 Å². The van der Waals surface area contributed by atoms with E-state index in [9.17, 15) is 13.9 Å². The van der Waals surface area contributed by atoms with E-state index in [4.69, 9.17) is 50.2 Å². The molecule has 1 fully saturated rings. The molecule has 1 rings (SSSR count). The van der Waals surface area contributed by atoms with Gasteiger partial charge in [0.15, 0.2) is 12.6 Å². The van der Waals surface area contributed by atoms with Crippen LogP contribution in [0.4, 0.5) is 0 Å². The van der Waals surface area contributed by atoms with Crippen LogP contribution in [-0.2, 0) is 27.7 Å². The van der Waals surface area contributed by atoms with Gasteiger partial charge in [-0.25, -0.2) is 9.13 Å². The number of aliphatic hydroxyl groups is 6. The number of rotatable bonds is 9. The van der Waals surface area contributed by atoms with Crippen molar-refractivity contribution in [2.75, 3.05) is 13.2 Å². The molecule has 1 saturated heterocycles. The first-order valence-electron chi connectivity index (χ1n) is 7.19. The van der Waals surface area contributed by atoms with Gasteiger partial charge in [-0.15, -0.1) is 0 Å². The van der Waals surface area contributed by atoms with Crippen LogP contribution in [0.2, 0.25) is 0 Å². The van der Waals surface area contributed by atoms with E-state index in [1.54, 1.807) is 0 Å². The molecule has 1 heterocycles. The summed E-state index contributed by atoms with van der Waals surface area (Å²) >= 11 is 0. The molecule has 28 heavy (non-hydrogen) atoms. The zero-order chi connectivity index (χ0) is 22.3. The highest BCUT2D eigenvalue weighted by molar-refractivity contribution is 7.46. The minimum atomic E-state index is -4.79. The number of ether oxygens (including phenoxy) is 1. The molecule has 0 aliphatic carbocycles. The Morgan fingerprint density at radius 2 is 1.54 bits per heavy atom. The lowest BCUT2D eigenvalue weighted by Gasteiger charge is -2.19. The lowest BCUT2D eigenvalue weighted by molar-refractivity contribution is -0.127. The zero-order valence-electron chi connectivity index (χ0n) is 13.8. The van der Waals surface area contributed by atoms with E-state index in [0.717, 1.165) is 0 Å². The molecule has 16 nitrogen and oxygen atoms in total. The predicted octanol–water partition coefficient (Wildman–Crippen LogP) is -5.09. The predicted molar refractivity (Wildman–Crippen MR) is 83.0 cm³/mol. The van der Waals surface area contributed by atoms with Gasteiger partial charge in [0.25, 0.3) is 0 Å². The van der Waals surface area contributed by atoms with E-state index in [2.05, 4.69) is 13.8 Å². The molecule has 0 radical (unpaired) electrons. The smallest absolute Gasteiger partial charge is 0.394 e. The quantitative estimate of drug-likeness (QED) is 0.114. The van der Waals surface area contributed by atoms with Crippen molar-refractivity contribution in [1.29, 1.82) is 0 Å². The van der Waals surface area contributed by atoms with Crippen molar-refractivity contribution in [3.63, 3.8) is 0 Å². The van der Waals surface area contributed by atoms with Crippen molar-refractivity contribution in [1.82, 2.24) is 0 Å². The molecular weight excluding hydrogens is 438 g/mol. The molecule has 18 heteroatoms. The number of carbonyl (C=O) groups is 1. The fourth-order valence-electron chi connectivity index (χ4n) is 1.67. The number of hydrogen-bond donors (Lipinski definition) is 10. The minimum Gasteiger partial charge on any atom is -0.394 e.